The maximum absolute atomic E-state index is 13.6. The Kier molecular flexibility index (Phi) is 4.81. The molecular formula is C11H14FNO6S. The molecule has 7 nitrogen and oxygen atoms in total. The van der Waals surface area contributed by atoms with E-state index in [9.17, 15) is 22.7 Å². The van der Waals surface area contributed by atoms with E-state index in [-0.39, 0.29) is 5.56 Å². The van der Waals surface area contributed by atoms with Gasteiger partial charge < -0.3 is 15.3 Å². The van der Waals surface area contributed by atoms with Gasteiger partial charge in [0.25, 0.3) is 0 Å². The molecule has 112 valence electrons. The third-order valence-corrected chi connectivity index (χ3v) is 3.89. The van der Waals surface area contributed by atoms with Crippen molar-refractivity contribution in [2.24, 2.45) is 0 Å². The average Bonchev–Trinajstić information content (AvgIpc) is 2.36. The third-order valence-electron chi connectivity index (χ3n) is 2.45. The van der Waals surface area contributed by atoms with Gasteiger partial charge in [-0.1, -0.05) is 0 Å². The number of hydrogen-bond acceptors (Lipinski definition) is 5. The van der Waals surface area contributed by atoms with E-state index in [1.54, 1.807) is 0 Å². The van der Waals surface area contributed by atoms with E-state index in [4.69, 9.17) is 10.2 Å². The Labute approximate surface area is 114 Å². The highest BCUT2D eigenvalue weighted by atomic mass is 32.2. The summed E-state index contributed by atoms with van der Waals surface area (Å²) in [6.45, 7) is -0.0126. The molecule has 1 atom stereocenters. The maximum atomic E-state index is 13.6. The van der Waals surface area contributed by atoms with Crippen molar-refractivity contribution in [3.8, 4) is 0 Å². The van der Waals surface area contributed by atoms with Crippen molar-refractivity contribution in [3.05, 3.63) is 29.6 Å². The summed E-state index contributed by atoms with van der Waals surface area (Å²) in [5.41, 5.74) is -2.08. The molecule has 0 fully saturated rings. The third kappa shape index (κ3) is 3.97. The van der Waals surface area contributed by atoms with Crippen molar-refractivity contribution >= 4 is 16.0 Å². The first-order chi connectivity index (χ1) is 9.09. The van der Waals surface area contributed by atoms with E-state index in [1.807, 2.05) is 4.72 Å². The van der Waals surface area contributed by atoms with Crippen molar-refractivity contribution in [3.63, 3.8) is 0 Å². The number of benzene rings is 1. The topological polar surface area (TPSA) is 124 Å². The van der Waals surface area contributed by atoms with Gasteiger partial charge in [0.15, 0.2) is 0 Å². The lowest BCUT2D eigenvalue weighted by Crippen LogP contribution is -2.43. The fourth-order valence-corrected chi connectivity index (χ4v) is 2.46. The number of aliphatic hydroxyl groups excluding tert-OH is 1. The molecule has 1 unspecified atom stereocenters. The predicted molar refractivity (Wildman–Crippen MR) is 66.3 cm³/mol. The van der Waals surface area contributed by atoms with Gasteiger partial charge in [-0.3, -0.25) is 0 Å². The summed E-state index contributed by atoms with van der Waals surface area (Å²) in [4.78, 5) is 9.88. The quantitative estimate of drug-likeness (QED) is 0.564. The lowest BCUT2D eigenvalue weighted by molar-refractivity contribution is 0.00680. The number of halogens is 1. The fourth-order valence-electron chi connectivity index (χ4n) is 1.24. The first-order valence-corrected chi connectivity index (χ1v) is 6.93. The number of nitrogens with one attached hydrogen (secondary N) is 1. The second-order valence-corrected chi connectivity index (χ2v) is 6.17. The van der Waals surface area contributed by atoms with Crippen molar-refractivity contribution in [1.82, 2.24) is 4.72 Å². The van der Waals surface area contributed by atoms with Crippen LogP contribution in [0.2, 0.25) is 0 Å². The van der Waals surface area contributed by atoms with Gasteiger partial charge in [0, 0.05) is 6.54 Å². The Morgan fingerprint density at radius 2 is 2.05 bits per heavy atom. The summed E-state index contributed by atoms with van der Waals surface area (Å²) in [5, 5.41) is 26.9. The Morgan fingerprint density at radius 3 is 2.50 bits per heavy atom. The first-order valence-electron chi connectivity index (χ1n) is 5.45. The van der Waals surface area contributed by atoms with Crippen LogP contribution >= 0.6 is 0 Å². The minimum atomic E-state index is -4.27. The molecule has 0 aromatic heterocycles. The van der Waals surface area contributed by atoms with Crippen LogP contribution < -0.4 is 4.72 Å². The van der Waals surface area contributed by atoms with Gasteiger partial charge in [0.2, 0.25) is 10.0 Å². The van der Waals surface area contributed by atoms with Gasteiger partial charge in [0.05, 0.1) is 17.8 Å². The highest BCUT2D eigenvalue weighted by Gasteiger charge is 2.25. The van der Waals surface area contributed by atoms with Crippen LogP contribution in [0.1, 0.15) is 17.3 Å². The zero-order valence-electron chi connectivity index (χ0n) is 10.5. The molecule has 20 heavy (non-hydrogen) atoms. The molecule has 0 saturated carbocycles. The summed E-state index contributed by atoms with van der Waals surface area (Å²) in [6.07, 6.45) is 0. The summed E-state index contributed by atoms with van der Waals surface area (Å²) < 4.78 is 39.2. The van der Waals surface area contributed by atoms with Crippen molar-refractivity contribution in [2.45, 2.75) is 17.4 Å². The minimum absolute atomic E-state index is 0.385. The van der Waals surface area contributed by atoms with Crippen molar-refractivity contribution in [2.75, 3.05) is 13.2 Å². The van der Waals surface area contributed by atoms with Crippen molar-refractivity contribution < 1.29 is 32.9 Å². The Morgan fingerprint density at radius 1 is 1.45 bits per heavy atom. The monoisotopic (exact) mass is 307 g/mol. The van der Waals surface area contributed by atoms with E-state index in [2.05, 4.69) is 0 Å². The second kappa shape index (κ2) is 5.83. The predicted octanol–water partition coefficient (Wildman–Crippen LogP) is -0.455. The molecule has 0 aliphatic heterocycles. The van der Waals surface area contributed by atoms with Gasteiger partial charge in [0.1, 0.15) is 10.7 Å². The Hall–Kier alpha value is -1.55. The van der Waals surface area contributed by atoms with Gasteiger partial charge in [-0.25, -0.2) is 22.3 Å². The molecule has 9 heteroatoms. The van der Waals surface area contributed by atoms with Gasteiger partial charge in [-0.05, 0) is 25.1 Å². The molecule has 1 rings (SSSR count). The van der Waals surface area contributed by atoms with Gasteiger partial charge >= 0.3 is 5.97 Å². The number of carboxylic acids is 1. The molecule has 0 saturated heterocycles. The number of aliphatic hydroxyl groups is 2. The highest BCUT2D eigenvalue weighted by molar-refractivity contribution is 7.89. The number of hydrogen-bond donors (Lipinski definition) is 4. The zero-order chi connectivity index (χ0) is 15.6. The van der Waals surface area contributed by atoms with E-state index < -0.39 is 45.5 Å². The smallest absolute Gasteiger partial charge is 0.335 e. The molecule has 1 aromatic rings. The van der Waals surface area contributed by atoms with Crippen LogP contribution in [0.15, 0.2) is 23.1 Å². The van der Waals surface area contributed by atoms with E-state index in [1.165, 1.54) is 6.92 Å². The molecule has 4 N–H and O–H groups in total. The molecular weight excluding hydrogens is 293 g/mol. The molecule has 1 aromatic carbocycles. The number of sulfonamides is 1. The summed E-state index contributed by atoms with van der Waals surface area (Å²) in [5.74, 6) is -2.61. The Bertz CT molecular complexity index is 613. The number of aromatic carboxylic acids is 1. The standard InChI is InChI=1S/C11H14FNO6S/c1-11(17,6-14)5-13-20(18,19)9-3-2-7(10(15)16)4-8(9)12/h2-4,13-14,17H,5-6H2,1H3,(H,15,16). The molecule has 0 spiro atoms. The number of carbonyl (C=O) groups is 1. The van der Waals surface area contributed by atoms with Gasteiger partial charge in [-0.15, -0.1) is 0 Å². The van der Waals surface area contributed by atoms with Crippen molar-refractivity contribution in [1.29, 1.82) is 0 Å². The minimum Gasteiger partial charge on any atom is -0.478 e. The maximum Gasteiger partial charge on any atom is 0.335 e. The fraction of sp³-hybridized carbons (Fsp3) is 0.364. The normalized spacial score (nSPS) is 14.8. The second-order valence-electron chi connectivity index (χ2n) is 4.43. The summed E-state index contributed by atoms with van der Waals surface area (Å²) >= 11 is 0. The van der Waals surface area contributed by atoms with Crippen LogP contribution in [0.3, 0.4) is 0 Å². The molecule has 0 amide bonds. The molecule has 0 aliphatic rings. The van der Waals surface area contributed by atoms with E-state index in [0.717, 1.165) is 12.1 Å². The van der Waals surface area contributed by atoms with E-state index in [0.29, 0.717) is 6.07 Å². The number of rotatable bonds is 6. The van der Waals surface area contributed by atoms with Crippen LogP contribution in [-0.4, -0.2) is 48.5 Å². The van der Waals surface area contributed by atoms with Crippen LogP contribution in [0.5, 0.6) is 0 Å². The van der Waals surface area contributed by atoms with Crippen LogP contribution in [-0.2, 0) is 10.0 Å². The van der Waals surface area contributed by atoms with Crippen LogP contribution in [0, 0.1) is 5.82 Å². The lowest BCUT2D eigenvalue weighted by atomic mass is 10.1. The molecule has 0 aliphatic carbocycles. The zero-order valence-corrected chi connectivity index (χ0v) is 11.3. The molecule has 0 bridgehead atoms. The summed E-state index contributed by atoms with van der Waals surface area (Å²) in [6, 6.07) is 2.35. The summed E-state index contributed by atoms with van der Waals surface area (Å²) in [7, 11) is -4.27. The van der Waals surface area contributed by atoms with Crippen LogP contribution in [0.25, 0.3) is 0 Å². The first kappa shape index (κ1) is 16.5. The molecule has 0 heterocycles. The Balaban J connectivity index is 3.02. The van der Waals surface area contributed by atoms with E-state index >= 15 is 0 Å². The number of carboxylic acid groups (broad SMARTS) is 1. The SMILES string of the molecule is CC(O)(CO)CNS(=O)(=O)c1ccc(C(=O)O)cc1F. The average molecular weight is 307 g/mol. The van der Waals surface area contributed by atoms with Crippen LogP contribution in [0.4, 0.5) is 4.39 Å². The largest absolute Gasteiger partial charge is 0.478 e. The molecule has 0 radical (unpaired) electrons. The highest BCUT2D eigenvalue weighted by Crippen LogP contribution is 2.16. The lowest BCUT2D eigenvalue weighted by Gasteiger charge is -2.20. The van der Waals surface area contributed by atoms with Gasteiger partial charge in [-0.2, -0.15) is 0 Å².